The number of alkyl halides is 1. The number of hydrogen-bond acceptors (Lipinski definition) is 3. The first-order valence-electron chi connectivity index (χ1n) is 5.42. The first-order chi connectivity index (χ1) is 8.59. The fourth-order valence-electron chi connectivity index (χ4n) is 1.59. The predicted octanol–water partition coefficient (Wildman–Crippen LogP) is 3.85. The molecule has 92 valence electrons. The number of carbonyl (C=O) groups is 2. The third-order valence-corrected chi connectivity index (χ3v) is 4.00. The van der Waals surface area contributed by atoms with Crippen LogP contribution in [0, 0.1) is 0 Å². The van der Waals surface area contributed by atoms with Gasteiger partial charge in [-0.2, -0.15) is 0 Å². The SMILES string of the molecule is CC(=O)C(Cl)c1ccc(C(=O)c2cccs2)cc1. The minimum absolute atomic E-state index is 0.00880. The Bertz CT molecular complexity index is 558. The highest BCUT2D eigenvalue weighted by Crippen LogP contribution is 2.23. The van der Waals surface area contributed by atoms with E-state index in [0.717, 1.165) is 0 Å². The Hall–Kier alpha value is -1.45. The Morgan fingerprint density at radius 2 is 1.83 bits per heavy atom. The molecule has 0 N–H and O–H groups in total. The lowest BCUT2D eigenvalue weighted by Gasteiger charge is -2.06. The van der Waals surface area contributed by atoms with Crippen LogP contribution in [-0.2, 0) is 4.79 Å². The fourth-order valence-corrected chi connectivity index (χ4v) is 2.42. The summed E-state index contributed by atoms with van der Waals surface area (Å²) in [5.74, 6) is -0.112. The van der Waals surface area contributed by atoms with Crippen LogP contribution in [0.15, 0.2) is 41.8 Å². The second-order valence-electron chi connectivity index (χ2n) is 3.90. The van der Waals surface area contributed by atoms with Gasteiger partial charge in [-0.25, -0.2) is 0 Å². The van der Waals surface area contributed by atoms with Gasteiger partial charge >= 0.3 is 0 Å². The zero-order chi connectivity index (χ0) is 13.1. The van der Waals surface area contributed by atoms with Gasteiger partial charge in [-0.15, -0.1) is 22.9 Å². The molecule has 0 spiro atoms. The molecule has 0 aliphatic carbocycles. The molecule has 1 unspecified atom stereocenters. The molecule has 0 bridgehead atoms. The number of benzene rings is 1. The van der Waals surface area contributed by atoms with E-state index in [2.05, 4.69) is 0 Å². The number of rotatable bonds is 4. The quantitative estimate of drug-likeness (QED) is 0.629. The monoisotopic (exact) mass is 278 g/mol. The summed E-state index contributed by atoms with van der Waals surface area (Å²) >= 11 is 7.35. The maximum atomic E-state index is 12.0. The van der Waals surface area contributed by atoms with Crippen LogP contribution in [0.4, 0.5) is 0 Å². The Balaban J connectivity index is 2.23. The maximum Gasteiger partial charge on any atom is 0.202 e. The van der Waals surface area contributed by atoms with E-state index in [4.69, 9.17) is 11.6 Å². The van der Waals surface area contributed by atoms with Crippen LogP contribution >= 0.6 is 22.9 Å². The van der Waals surface area contributed by atoms with Crippen LogP contribution in [0.3, 0.4) is 0 Å². The van der Waals surface area contributed by atoms with Crippen molar-refractivity contribution in [2.75, 3.05) is 0 Å². The van der Waals surface area contributed by atoms with Gasteiger partial charge < -0.3 is 0 Å². The van der Waals surface area contributed by atoms with Crippen molar-refractivity contribution in [3.05, 3.63) is 57.8 Å². The minimum atomic E-state index is -0.643. The van der Waals surface area contributed by atoms with Gasteiger partial charge in [-0.3, -0.25) is 9.59 Å². The van der Waals surface area contributed by atoms with E-state index < -0.39 is 5.38 Å². The van der Waals surface area contributed by atoms with E-state index >= 15 is 0 Å². The molecule has 2 aromatic rings. The topological polar surface area (TPSA) is 34.1 Å². The van der Waals surface area contributed by atoms with Gasteiger partial charge in [0.05, 0.1) is 4.88 Å². The molecule has 0 saturated carbocycles. The highest BCUT2D eigenvalue weighted by molar-refractivity contribution is 7.12. The predicted molar refractivity (Wildman–Crippen MR) is 73.5 cm³/mol. The van der Waals surface area contributed by atoms with Crippen molar-refractivity contribution < 1.29 is 9.59 Å². The summed E-state index contributed by atoms with van der Waals surface area (Å²) in [4.78, 5) is 23.9. The summed E-state index contributed by atoms with van der Waals surface area (Å²) in [5, 5.41) is 1.22. The molecule has 18 heavy (non-hydrogen) atoms. The molecule has 1 aromatic carbocycles. The lowest BCUT2D eigenvalue weighted by Crippen LogP contribution is -2.03. The normalized spacial score (nSPS) is 12.1. The molecule has 2 nitrogen and oxygen atoms in total. The zero-order valence-corrected chi connectivity index (χ0v) is 11.3. The third kappa shape index (κ3) is 2.68. The second-order valence-corrected chi connectivity index (χ2v) is 5.29. The van der Waals surface area contributed by atoms with E-state index in [1.165, 1.54) is 18.3 Å². The van der Waals surface area contributed by atoms with Crippen molar-refractivity contribution in [3.63, 3.8) is 0 Å². The van der Waals surface area contributed by atoms with Crippen molar-refractivity contribution >= 4 is 34.5 Å². The molecule has 0 amide bonds. The number of ketones is 2. The van der Waals surface area contributed by atoms with Crippen molar-refractivity contribution in [3.8, 4) is 0 Å². The zero-order valence-electron chi connectivity index (χ0n) is 9.72. The van der Waals surface area contributed by atoms with E-state index in [9.17, 15) is 9.59 Å². The molecule has 4 heteroatoms. The Morgan fingerprint density at radius 3 is 2.33 bits per heavy atom. The number of halogens is 1. The standard InChI is InChI=1S/C14H11ClO2S/c1-9(16)13(15)10-4-6-11(7-5-10)14(17)12-3-2-8-18-12/h2-8,13H,1H3. The first-order valence-corrected chi connectivity index (χ1v) is 6.74. The van der Waals surface area contributed by atoms with Crippen molar-refractivity contribution in [1.82, 2.24) is 0 Å². The first kappa shape index (κ1) is 13.0. The average Bonchev–Trinajstić information content (AvgIpc) is 2.91. The van der Waals surface area contributed by atoms with E-state index in [1.807, 2.05) is 11.4 Å². The van der Waals surface area contributed by atoms with Crippen LogP contribution in [0.1, 0.15) is 33.1 Å². The molecule has 1 heterocycles. The van der Waals surface area contributed by atoms with Crippen LogP contribution in [0.5, 0.6) is 0 Å². The molecule has 1 atom stereocenters. The van der Waals surface area contributed by atoms with Crippen molar-refractivity contribution in [2.45, 2.75) is 12.3 Å². The third-order valence-electron chi connectivity index (χ3n) is 2.57. The smallest absolute Gasteiger partial charge is 0.202 e. The molecular weight excluding hydrogens is 268 g/mol. The van der Waals surface area contributed by atoms with Crippen LogP contribution in [-0.4, -0.2) is 11.6 Å². The highest BCUT2D eigenvalue weighted by atomic mass is 35.5. The lowest BCUT2D eigenvalue weighted by molar-refractivity contribution is -0.116. The number of thiophene rings is 1. The van der Waals surface area contributed by atoms with Gasteiger partial charge in [0.1, 0.15) is 5.38 Å². The molecule has 1 aromatic heterocycles. The molecule has 0 aliphatic heterocycles. The molecular formula is C14H11ClO2S. The number of hydrogen-bond donors (Lipinski definition) is 0. The highest BCUT2D eigenvalue weighted by Gasteiger charge is 2.14. The van der Waals surface area contributed by atoms with E-state index in [1.54, 1.807) is 30.3 Å². The van der Waals surface area contributed by atoms with Gasteiger partial charge in [-0.1, -0.05) is 30.3 Å². The largest absolute Gasteiger partial charge is 0.298 e. The Kier molecular flexibility index (Phi) is 3.94. The van der Waals surface area contributed by atoms with Gasteiger partial charge in [0.15, 0.2) is 5.78 Å². The van der Waals surface area contributed by atoms with Gasteiger partial charge in [-0.05, 0) is 23.9 Å². The fraction of sp³-hybridized carbons (Fsp3) is 0.143. The van der Waals surface area contributed by atoms with Gasteiger partial charge in [0.25, 0.3) is 0 Å². The number of carbonyl (C=O) groups excluding carboxylic acids is 2. The Morgan fingerprint density at radius 1 is 1.17 bits per heavy atom. The average molecular weight is 279 g/mol. The van der Waals surface area contributed by atoms with E-state index in [0.29, 0.717) is 16.0 Å². The molecule has 0 fully saturated rings. The molecule has 0 aliphatic rings. The molecule has 0 radical (unpaired) electrons. The van der Waals surface area contributed by atoms with Crippen LogP contribution < -0.4 is 0 Å². The molecule has 2 rings (SSSR count). The van der Waals surface area contributed by atoms with Gasteiger partial charge in [0.2, 0.25) is 5.78 Å². The summed E-state index contributed by atoms with van der Waals surface area (Å²) in [6.07, 6.45) is 0. The lowest BCUT2D eigenvalue weighted by atomic mass is 10.0. The summed E-state index contributed by atoms with van der Waals surface area (Å²) in [6.45, 7) is 1.45. The summed E-state index contributed by atoms with van der Waals surface area (Å²) < 4.78 is 0. The minimum Gasteiger partial charge on any atom is -0.298 e. The van der Waals surface area contributed by atoms with Crippen molar-refractivity contribution in [1.29, 1.82) is 0 Å². The maximum absolute atomic E-state index is 12.0. The van der Waals surface area contributed by atoms with E-state index in [-0.39, 0.29) is 11.6 Å². The van der Waals surface area contributed by atoms with Crippen LogP contribution in [0.25, 0.3) is 0 Å². The molecule has 0 saturated heterocycles. The van der Waals surface area contributed by atoms with Crippen LogP contribution in [0.2, 0.25) is 0 Å². The summed E-state index contributed by atoms with van der Waals surface area (Å²) in [7, 11) is 0. The van der Waals surface area contributed by atoms with Gasteiger partial charge in [0, 0.05) is 5.56 Å². The van der Waals surface area contributed by atoms with Crippen molar-refractivity contribution in [2.24, 2.45) is 0 Å². The number of Topliss-reactive ketones (excluding diaryl/α,β-unsaturated/α-hetero) is 1. The summed E-state index contributed by atoms with van der Waals surface area (Å²) in [5.41, 5.74) is 1.32. The second kappa shape index (κ2) is 5.46. The Labute approximate surface area is 114 Å². The summed E-state index contributed by atoms with van der Waals surface area (Å²) in [6, 6.07) is 10.5.